The number of amides is 1. The van der Waals surface area contributed by atoms with Gasteiger partial charge in [-0.15, -0.1) is 0 Å². The van der Waals surface area contributed by atoms with Crippen LogP contribution in [0.15, 0.2) is 42.7 Å². The lowest BCUT2D eigenvalue weighted by Crippen LogP contribution is -2.12. The third-order valence-corrected chi connectivity index (χ3v) is 3.53. The molecule has 3 aromatic rings. The van der Waals surface area contributed by atoms with Gasteiger partial charge < -0.3 is 5.32 Å². The molecule has 0 saturated heterocycles. The summed E-state index contributed by atoms with van der Waals surface area (Å²) in [4.78, 5) is 12.1. The van der Waals surface area contributed by atoms with Crippen LogP contribution in [0.2, 0.25) is 0 Å². The summed E-state index contributed by atoms with van der Waals surface area (Å²) in [6.07, 6.45) is 3.18. The van der Waals surface area contributed by atoms with Crippen LogP contribution in [0.3, 0.4) is 0 Å². The van der Waals surface area contributed by atoms with Crippen molar-refractivity contribution in [3.05, 3.63) is 65.5 Å². The second-order valence-electron chi connectivity index (χ2n) is 5.27. The number of nitrogens with zero attached hydrogens (tertiary/aromatic N) is 4. The van der Waals surface area contributed by atoms with Gasteiger partial charge in [-0.05, 0) is 19.1 Å². The number of hydrogen-bond acceptors (Lipinski definition) is 3. The zero-order chi connectivity index (χ0) is 16.4. The maximum atomic E-state index is 13.6. The van der Waals surface area contributed by atoms with Crippen LogP contribution in [-0.4, -0.2) is 25.5 Å². The number of halogens is 1. The van der Waals surface area contributed by atoms with Crippen LogP contribution in [0.25, 0.3) is 0 Å². The fourth-order valence-electron chi connectivity index (χ4n) is 2.18. The number of anilines is 1. The van der Waals surface area contributed by atoms with Gasteiger partial charge in [-0.3, -0.25) is 14.2 Å². The standard InChI is InChI=1S/C16H16FN5O/c1-11-7-15(20-21(11)2)16(23)19-13-8-18-22(10-13)9-12-5-3-4-6-14(12)17/h3-8,10H,9H2,1-2H3,(H,19,23). The lowest BCUT2D eigenvalue weighted by Gasteiger charge is -2.03. The number of aromatic nitrogens is 4. The molecular weight excluding hydrogens is 297 g/mol. The lowest BCUT2D eigenvalue weighted by atomic mass is 10.2. The fraction of sp³-hybridized carbons (Fsp3) is 0.188. The molecule has 0 atom stereocenters. The molecule has 3 rings (SSSR count). The highest BCUT2D eigenvalue weighted by Crippen LogP contribution is 2.12. The van der Waals surface area contributed by atoms with Crippen LogP contribution in [0.4, 0.5) is 10.1 Å². The summed E-state index contributed by atoms with van der Waals surface area (Å²) in [5, 5.41) is 11.0. The molecule has 118 valence electrons. The SMILES string of the molecule is Cc1cc(C(=O)Nc2cnn(Cc3ccccc3F)c2)nn1C. The smallest absolute Gasteiger partial charge is 0.276 e. The van der Waals surface area contributed by atoms with Gasteiger partial charge in [0.15, 0.2) is 5.69 Å². The molecule has 0 aliphatic rings. The molecule has 2 aromatic heterocycles. The number of aryl methyl sites for hydroxylation is 2. The van der Waals surface area contributed by atoms with Crippen LogP contribution in [-0.2, 0) is 13.6 Å². The van der Waals surface area contributed by atoms with Gasteiger partial charge in [0.25, 0.3) is 5.91 Å². The van der Waals surface area contributed by atoms with E-state index >= 15 is 0 Å². The first-order chi connectivity index (χ1) is 11.0. The van der Waals surface area contributed by atoms with E-state index in [-0.39, 0.29) is 11.7 Å². The summed E-state index contributed by atoms with van der Waals surface area (Å²) in [6, 6.07) is 8.23. The Morgan fingerprint density at radius 1 is 1.35 bits per heavy atom. The van der Waals surface area contributed by atoms with Crippen molar-refractivity contribution in [1.82, 2.24) is 19.6 Å². The van der Waals surface area contributed by atoms with Crippen molar-refractivity contribution in [2.75, 3.05) is 5.32 Å². The molecule has 0 bridgehead atoms. The Bertz CT molecular complexity index is 832. The van der Waals surface area contributed by atoms with Gasteiger partial charge in [-0.1, -0.05) is 18.2 Å². The second kappa shape index (κ2) is 6.04. The van der Waals surface area contributed by atoms with Crippen molar-refractivity contribution in [3.63, 3.8) is 0 Å². The van der Waals surface area contributed by atoms with Gasteiger partial charge in [-0.25, -0.2) is 4.39 Å². The predicted molar refractivity (Wildman–Crippen MR) is 83.6 cm³/mol. The van der Waals surface area contributed by atoms with E-state index in [0.29, 0.717) is 23.5 Å². The van der Waals surface area contributed by atoms with Crippen LogP contribution in [0, 0.1) is 12.7 Å². The van der Waals surface area contributed by atoms with E-state index in [1.54, 1.807) is 46.9 Å². The van der Waals surface area contributed by atoms with E-state index in [9.17, 15) is 9.18 Å². The van der Waals surface area contributed by atoms with E-state index in [0.717, 1.165) is 5.69 Å². The van der Waals surface area contributed by atoms with E-state index < -0.39 is 0 Å². The molecule has 0 spiro atoms. The van der Waals surface area contributed by atoms with Gasteiger partial charge in [-0.2, -0.15) is 10.2 Å². The Labute approximate surface area is 132 Å². The molecule has 1 amide bonds. The van der Waals surface area contributed by atoms with Gasteiger partial charge in [0.1, 0.15) is 5.82 Å². The first-order valence-corrected chi connectivity index (χ1v) is 7.11. The van der Waals surface area contributed by atoms with Crippen LogP contribution < -0.4 is 5.32 Å². The molecule has 6 nitrogen and oxygen atoms in total. The minimum Gasteiger partial charge on any atom is -0.318 e. The van der Waals surface area contributed by atoms with E-state index in [1.807, 2.05) is 6.92 Å². The first kappa shape index (κ1) is 15.0. The highest BCUT2D eigenvalue weighted by molar-refractivity contribution is 6.02. The number of rotatable bonds is 4. The summed E-state index contributed by atoms with van der Waals surface area (Å²) in [6.45, 7) is 2.17. The fourth-order valence-corrected chi connectivity index (χ4v) is 2.18. The predicted octanol–water partition coefficient (Wildman–Crippen LogP) is 2.36. The van der Waals surface area contributed by atoms with Crippen molar-refractivity contribution in [1.29, 1.82) is 0 Å². The van der Waals surface area contributed by atoms with Crippen molar-refractivity contribution >= 4 is 11.6 Å². The maximum Gasteiger partial charge on any atom is 0.276 e. The van der Waals surface area contributed by atoms with Gasteiger partial charge in [0.2, 0.25) is 0 Å². The number of hydrogen-bond donors (Lipinski definition) is 1. The Balaban J connectivity index is 1.70. The monoisotopic (exact) mass is 313 g/mol. The summed E-state index contributed by atoms with van der Waals surface area (Å²) >= 11 is 0. The molecule has 7 heteroatoms. The third-order valence-electron chi connectivity index (χ3n) is 3.53. The van der Waals surface area contributed by atoms with E-state index in [2.05, 4.69) is 15.5 Å². The maximum absolute atomic E-state index is 13.6. The molecule has 0 aliphatic carbocycles. The minimum absolute atomic E-state index is 0.280. The van der Waals surface area contributed by atoms with Gasteiger partial charge in [0.05, 0.1) is 18.4 Å². The van der Waals surface area contributed by atoms with E-state index in [1.165, 1.54) is 12.3 Å². The second-order valence-corrected chi connectivity index (χ2v) is 5.27. The van der Waals surface area contributed by atoms with Gasteiger partial charge in [0, 0.05) is 24.5 Å². The topological polar surface area (TPSA) is 64.7 Å². The number of nitrogens with one attached hydrogen (secondary N) is 1. The number of carbonyl (C=O) groups excluding carboxylic acids is 1. The van der Waals surface area contributed by atoms with Crippen molar-refractivity contribution in [2.45, 2.75) is 13.5 Å². The Morgan fingerprint density at radius 3 is 2.83 bits per heavy atom. The van der Waals surface area contributed by atoms with Gasteiger partial charge >= 0.3 is 0 Å². The molecule has 1 N–H and O–H groups in total. The molecule has 0 saturated carbocycles. The van der Waals surface area contributed by atoms with Crippen molar-refractivity contribution < 1.29 is 9.18 Å². The van der Waals surface area contributed by atoms with Crippen molar-refractivity contribution in [2.24, 2.45) is 7.05 Å². The van der Waals surface area contributed by atoms with E-state index in [4.69, 9.17) is 0 Å². The zero-order valence-electron chi connectivity index (χ0n) is 12.8. The number of benzene rings is 1. The molecule has 1 aromatic carbocycles. The molecule has 0 radical (unpaired) electrons. The molecule has 0 fully saturated rings. The quantitative estimate of drug-likeness (QED) is 0.804. The molecule has 2 heterocycles. The first-order valence-electron chi connectivity index (χ1n) is 7.11. The zero-order valence-corrected chi connectivity index (χ0v) is 12.8. The molecular formula is C16H16FN5O. The molecule has 23 heavy (non-hydrogen) atoms. The highest BCUT2D eigenvalue weighted by Gasteiger charge is 2.12. The Kier molecular flexibility index (Phi) is 3.92. The molecule has 0 aliphatic heterocycles. The van der Waals surface area contributed by atoms with Crippen LogP contribution >= 0.6 is 0 Å². The normalized spacial score (nSPS) is 10.7. The summed E-state index contributed by atoms with van der Waals surface area (Å²) < 4.78 is 16.8. The summed E-state index contributed by atoms with van der Waals surface area (Å²) in [7, 11) is 1.78. The van der Waals surface area contributed by atoms with Crippen LogP contribution in [0.5, 0.6) is 0 Å². The summed E-state index contributed by atoms with van der Waals surface area (Å²) in [5.41, 5.74) is 2.31. The summed E-state index contributed by atoms with van der Waals surface area (Å²) in [5.74, 6) is -0.586. The minimum atomic E-state index is -0.306. The average molecular weight is 313 g/mol. The average Bonchev–Trinajstić information content (AvgIpc) is 3.09. The largest absolute Gasteiger partial charge is 0.318 e. The Morgan fingerprint density at radius 2 is 2.13 bits per heavy atom. The highest BCUT2D eigenvalue weighted by atomic mass is 19.1. The number of carbonyl (C=O) groups is 1. The molecule has 0 unspecified atom stereocenters. The Hall–Kier alpha value is -2.96. The van der Waals surface area contributed by atoms with Crippen molar-refractivity contribution in [3.8, 4) is 0 Å². The van der Waals surface area contributed by atoms with Crippen LogP contribution in [0.1, 0.15) is 21.7 Å². The third kappa shape index (κ3) is 3.28. The lowest BCUT2D eigenvalue weighted by molar-refractivity contribution is 0.102.